The second-order valence-electron chi connectivity index (χ2n) is 5.32. The van der Waals surface area contributed by atoms with Gasteiger partial charge in [0.25, 0.3) is 5.91 Å². The first-order chi connectivity index (χ1) is 9.72. The lowest BCUT2D eigenvalue weighted by Gasteiger charge is -2.23. The molecule has 5 nitrogen and oxygen atoms in total. The van der Waals surface area contributed by atoms with E-state index in [1.54, 1.807) is 6.07 Å². The van der Waals surface area contributed by atoms with E-state index in [-0.39, 0.29) is 12.5 Å². The molecule has 1 aromatic heterocycles. The minimum absolute atomic E-state index is 0.0185. The van der Waals surface area contributed by atoms with Crippen LogP contribution in [0.25, 0.3) is 0 Å². The number of halogens is 1. The first-order valence-electron chi connectivity index (χ1n) is 7.08. The molecule has 2 aliphatic rings. The lowest BCUT2D eigenvalue weighted by molar-refractivity contribution is -0.118. The van der Waals surface area contributed by atoms with Crippen molar-refractivity contribution >= 4 is 23.3 Å². The number of aromatic nitrogens is 1. The van der Waals surface area contributed by atoms with E-state index in [0.717, 1.165) is 5.69 Å². The molecule has 0 aromatic carbocycles. The average Bonchev–Trinajstić information content (AvgIpc) is 2.46. The highest BCUT2D eigenvalue weighted by Crippen LogP contribution is 2.30. The molecule has 1 amide bonds. The maximum absolute atomic E-state index is 11.3. The molecule has 6 heteroatoms. The summed E-state index contributed by atoms with van der Waals surface area (Å²) in [5.41, 5.74) is 0.752. The first kappa shape index (κ1) is 13.6. The molecule has 0 bridgehead atoms. The number of hydrogen-bond donors (Lipinski definition) is 2. The molecular weight excluding hydrogens is 278 g/mol. The molecule has 0 spiro atoms. The summed E-state index contributed by atoms with van der Waals surface area (Å²) in [5, 5.41) is 6.77. The lowest BCUT2D eigenvalue weighted by atomic mass is 9.95. The smallest absolute Gasteiger partial charge is 0.263 e. The molecule has 20 heavy (non-hydrogen) atoms. The van der Waals surface area contributed by atoms with Gasteiger partial charge in [0.2, 0.25) is 0 Å². The molecule has 108 valence electrons. The van der Waals surface area contributed by atoms with Crippen molar-refractivity contribution in [2.75, 3.05) is 11.9 Å². The van der Waals surface area contributed by atoms with Crippen LogP contribution in [0.4, 0.5) is 5.82 Å². The first-order valence-corrected chi connectivity index (χ1v) is 7.45. The predicted molar refractivity (Wildman–Crippen MR) is 77.1 cm³/mol. The Labute approximate surface area is 123 Å². The number of nitrogens with one attached hydrogen (secondary N) is 2. The van der Waals surface area contributed by atoms with Gasteiger partial charge in [0.05, 0.1) is 10.7 Å². The van der Waals surface area contributed by atoms with Crippen molar-refractivity contribution in [1.29, 1.82) is 0 Å². The van der Waals surface area contributed by atoms with Gasteiger partial charge in [0.1, 0.15) is 0 Å². The van der Waals surface area contributed by atoms with Gasteiger partial charge in [-0.05, 0) is 12.8 Å². The Morgan fingerprint density at radius 3 is 3.00 bits per heavy atom. The minimum Gasteiger partial charge on any atom is -0.480 e. The minimum atomic E-state index is -0.182. The van der Waals surface area contributed by atoms with Gasteiger partial charge in [-0.15, -0.1) is 0 Å². The number of anilines is 1. The van der Waals surface area contributed by atoms with Gasteiger partial charge in [0, 0.05) is 18.7 Å². The summed E-state index contributed by atoms with van der Waals surface area (Å²) in [5.74, 6) is 0.820. The third-order valence-electron chi connectivity index (χ3n) is 3.79. The Morgan fingerprint density at radius 1 is 1.40 bits per heavy atom. The Kier molecular flexibility index (Phi) is 4.08. The van der Waals surface area contributed by atoms with Crippen molar-refractivity contribution in [3.8, 4) is 5.75 Å². The lowest BCUT2D eigenvalue weighted by Crippen LogP contribution is -2.31. The number of carbonyl (C=O) groups excluding carboxylic acids is 1. The van der Waals surface area contributed by atoms with Crippen molar-refractivity contribution < 1.29 is 9.53 Å². The normalized spacial score (nSPS) is 19.1. The molecule has 1 aliphatic heterocycles. The van der Waals surface area contributed by atoms with Crippen LogP contribution in [-0.2, 0) is 11.3 Å². The topological polar surface area (TPSA) is 63.2 Å². The zero-order valence-electron chi connectivity index (χ0n) is 11.2. The number of pyridine rings is 1. The molecule has 1 aromatic rings. The van der Waals surface area contributed by atoms with Crippen LogP contribution in [0.1, 0.15) is 37.8 Å². The highest BCUT2D eigenvalue weighted by Gasteiger charge is 2.20. The summed E-state index contributed by atoms with van der Waals surface area (Å²) >= 11 is 6.22. The van der Waals surface area contributed by atoms with Crippen molar-refractivity contribution in [3.63, 3.8) is 0 Å². The highest BCUT2D eigenvalue weighted by atomic mass is 35.5. The molecule has 0 unspecified atom stereocenters. The molecule has 0 saturated heterocycles. The Hall–Kier alpha value is -1.33. The summed E-state index contributed by atoms with van der Waals surface area (Å²) in [4.78, 5) is 15.7. The Bertz CT molecular complexity index is 515. The van der Waals surface area contributed by atoms with Crippen LogP contribution in [-0.4, -0.2) is 23.5 Å². The summed E-state index contributed by atoms with van der Waals surface area (Å²) in [6.07, 6.45) is 6.32. The molecule has 0 radical (unpaired) electrons. The van der Waals surface area contributed by atoms with E-state index in [2.05, 4.69) is 15.6 Å². The number of rotatable bonds is 3. The number of ether oxygens (including phenoxy) is 1. The van der Waals surface area contributed by atoms with Crippen LogP contribution in [0.2, 0.25) is 5.02 Å². The summed E-state index contributed by atoms with van der Waals surface area (Å²) in [6.45, 7) is 0.636. The third-order valence-corrected chi connectivity index (χ3v) is 4.12. The summed E-state index contributed by atoms with van der Waals surface area (Å²) in [6, 6.07) is 2.27. The highest BCUT2D eigenvalue weighted by molar-refractivity contribution is 6.31. The maximum Gasteiger partial charge on any atom is 0.263 e. The average molecular weight is 296 g/mol. The SMILES string of the molecule is O=C1COc2cc(Cl)c(CNC3CCCCC3)nc2N1. The molecule has 1 saturated carbocycles. The van der Waals surface area contributed by atoms with E-state index >= 15 is 0 Å². The van der Waals surface area contributed by atoms with E-state index in [1.807, 2.05) is 0 Å². The number of fused-ring (bicyclic) bond motifs is 1. The van der Waals surface area contributed by atoms with E-state index < -0.39 is 0 Å². The van der Waals surface area contributed by atoms with Crippen LogP contribution in [0.5, 0.6) is 5.75 Å². The van der Waals surface area contributed by atoms with Gasteiger partial charge in [-0.3, -0.25) is 4.79 Å². The Morgan fingerprint density at radius 2 is 2.20 bits per heavy atom. The molecule has 1 aliphatic carbocycles. The number of nitrogens with zero attached hydrogens (tertiary/aromatic N) is 1. The van der Waals surface area contributed by atoms with Gasteiger partial charge in [-0.1, -0.05) is 30.9 Å². The molecular formula is C14H18ClN3O2. The number of carbonyl (C=O) groups is 1. The molecule has 3 rings (SSSR count). The van der Waals surface area contributed by atoms with Gasteiger partial charge < -0.3 is 15.4 Å². The van der Waals surface area contributed by atoms with Crippen LogP contribution in [0.15, 0.2) is 6.07 Å². The summed E-state index contributed by atoms with van der Waals surface area (Å²) in [7, 11) is 0. The fourth-order valence-corrected chi connectivity index (χ4v) is 2.90. The zero-order chi connectivity index (χ0) is 13.9. The van der Waals surface area contributed by atoms with Gasteiger partial charge in [0.15, 0.2) is 18.2 Å². The van der Waals surface area contributed by atoms with Crippen molar-refractivity contribution in [2.45, 2.75) is 44.7 Å². The van der Waals surface area contributed by atoms with Crippen molar-refractivity contribution in [3.05, 3.63) is 16.8 Å². The standard InChI is InChI=1S/C14H18ClN3O2/c15-10-6-12-14(18-13(19)8-20-12)17-11(10)7-16-9-4-2-1-3-5-9/h6,9,16H,1-5,7-8H2,(H,17,18,19). The van der Waals surface area contributed by atoms with Gasteiger partial charge in [-0.25, -0.2) is 4.98 Å². The number of hydrogen-bond acceptors (Lipinski definition) is 4. The molecule has 0 atom stereocenters. The van der Waals surface area contributed by atoms with Crippen molar-refractivity contribution in [2.24, 2.45) is 0 Å². The van der Waals surface area contributed by atoms with Crippen molar-refractivity contribution in [1.82, 2.24) is 10.3 Å². The van der Waals surface area contributed by atoms with Crippen LogP contribution in [0.3, 0.4) is 0 Å². The van der Waals surface area contributed by atoms with Gasteiger partial charge >= 0.3 is 0 Å². The molecule has 2 heterocycles. The fraction of sp³-hybridized carbons (Fsp3) is 0.571. The largest absolute Gasteiger partial charge is 0.480 e. The predicted octanol–water partition coefficient (Wildman–Crippen LogP) is 2.49. The molecule has 2 N–H and O–H groups in total. The third kappa shape index (κ3) is 3.04. The quantitative estimate of drug-likeness (QED) is 0.899. The van der Waals surface area contributed by atoms with Crippen LogP contribution >= 0.6 is 11.6 Å². The van der Waals surface area contributed by atoms with Crippen LogP contribution in [0, 0.1) is 0 Å². The van der Waals surface area contributed by atoms with E-state index in [4.69, 9.17) is 16.3 Å². The van der Waals surface area contributed by atoms with E-state index in [1.165, 1.54) is 32.1 Å². The second-order valence-corrected chi connectivity index (χ2v) is 5.72. The van der Waals surface area contributed by atoms with E-state index in [0.29, 0.717) is 29.2 Å². The zero-order valence-corrected chi connectivity index (χ0v) is 12.0. The molecule has 1 fully saturated rings. The fourth-order valence-electron chi connectivity index (χ4n) is 2.69. The monoisotopic (exact) mass is 295 g/mol. The van der Waals surface area contributed by atoms with E-state index in [9.17, 15) is 4.79 Å². The second kappa shape index (κ2) is 5.97. The number of amides is 1. The van der Waals surface area contributed by atoms with Crippen LogP contribution < -0.4 is 15.4 Å². The summed E-state index contributed by atoms with van der Waals surface area (Å²) < 4.78 is 5.29. The Balaban J connectivity index is 1.69. The van der Waals surface area contributed by atoms with Gasteiger partial charge in [-0.2, -0.15) is 0 Å². The maximum atomic E-state index is 11.3.